The lowest BCUT2D eigenvalue weighted by Crippen LogP contribution is -2.38. The number of anilines is 1. The highest BCUT2D eigenvalue weighted by molar-refractivity contribution is 5.95. The van der Waals surface area contributed by atoms with Gasteiger partial charge in [-0.15, -0.1) is 0 Å². The molecule has 0 bridgehead atoms. The quantitative estimate of drug-likeness (QED) is 0.870. The van der Waals surface area contributed by atoms with Crippen LogP contribution in [0.2, 0.25) is 0 Å². The zero-order valence-electron chi connectivity index (χ0n) is 12.6. The van der Waals surface area contributed by atoms with Gasteiger partial charge in [-0.1, -0.05) is 18.2 Å². The highest BCUT2D eigenvalue weighted by Crippen LogP contribution is 2.26. The number of aryl methyl sites for hydroxylation is 1. The summed E-state index contributed by atoms with van der Waals surface area (Å²) in [7, 11) is 1.62. The van der Waals surface area contributed by atoms with E-state index in [1.807, 2.05) is 35.2 Å². The van der Waals surface area contributed by atoms with Gasteiger partial charge in [0.25, 0.3) is 5.91 Å². The first-order valence-corrected chi connectivity index (χ1v) is 7.43. The molecule has 1 amide bonds. The summed E-state index contributed by atoms with van der Waals surface area (Å²) in [6, 6.07) is 15.3. The molecule has 0 spiro atoms. The number of hydrogen-bond acceptors (Lipinski definition) is 3. The SMILES string of the molecule is COc1ccc(OCC(=O)N2CCCc3ccccc32)cc1. The molecule has 0 radical (unpaired) electrons. The van der Waals surface area contributed by atoms with E-state index in [1.54, 1.807) is 19.2 Å². The van der Waals surface area contributed by atoms with Crippen LogP contribution in [0.1, 0.15) is 12.0 Å². The summed E-state index contributed by atoms with van der Waals surface area (Å²) in [5.41, 5.74) is 2.24. The Morgan fingerprint density at radius 1 is 1.09 bits per heavy atom. The summed E-state index contributed by atoms with van der Waals surface area (Å²) < 4.78 is 10.7. The van der Waals surface area contributed by atoms with Crippen LogP contribution in [0, 0.1) is 0 Å². The van der Waals surface area contributed by atoms with Gasteiger partial charge in [0, 0.05) is 12.2 Å². The Hall–Kier alpha value is -2.49. The Bertz CT molecular complexity index is 652. The molecule has 114 valence electrons. The van der Waals surface area contributed by atoms with Crippen LogP contribution in [0.4, 0.5) is 5.69 Å². The average molecular weight is 297 g/mol. The zero-order valence-corrected chi connectivity index (χ0v) is 12.6. The largest absolute Gasteiger partial charge is 0.497 e. The van der Waals surface area contributed by atoms with E-state index in [9.17, 15) is 4.79 Å². The first-order valence-electron chi connectivity index (χ1n) is 7.43. The molecule has 0 N–H and O–H groups in total. The number of para-hydroxylation sites is 1. The standard InChI is InChI=1S/C18H19NO3/c1-21-15-8-10-16(11-9-15)22-13-18(20)19-12-4-6-14-5-2-3-7-17(14)19/h2-3,5,7-11H,4,6,12-13H2,1H3. The molecule has 0 fully saturated rings. The number of ether oxygens (including phenoxy) is 2. The maximum absolute atomic E-state index is 12.4. The van der Waals surface area contributed by atoms with Crippen molar-refractivity contribution >= 4 is 11.6 Å². The van der Waals surface area contributed by atoms with E-state index in [0.717, 1.165) is 30.8 Å². The topological polar surface area (TPSA) is 38.8 Å². The smallest absolute Gasteiger partial charge is 0.264 e. The van der Waals surface area contributed by atoms with Crippen molar-refractivity contribution in [2.24, 2.45) is 0 Å². The second kappa shape index (κ2) is 6.52. The molecule has 1 aliphatic heterocycles. The lowest BCUT2D eigenvalue weighted by Gasteiger charge is -2.29. The van der Waals surface area contributed by atoms with Crippen molar-refractivity contribution in [1.82, 2.24) is 0 Å². The van der Waals surface area contributed by atoms with E-state index in [1.165, 1.54) is 5.56 Å². The molecule has 4 heteroatoms. The second-order valence-electron chi connectivity index (χ2n) is 5.24. The van der Waals surface area contributed by atoms with Gasteiger partial charge >= 0.3 is 0 Å². The number of benzene rings is 2. The lowest BCUT2D eigenvalue weighted by molar-refractivity contribution is -0.120. The molecule has 0 aromatic heterocycles. The third-order valence-electron chi connectivity index (χ3n) is 3.83. The monoisotopic (exact) mass is 297 g/mol. The van der Waals surface area contributed by atoms with Gasteiger partial charge < -0.3 is 14.4 Å². The maximum Gasteiger partial charge on any atom is 0.264 e. The van der Waals surface area contributed by atoms with Crippen molar-refractivity contribution in [2.45, 2.75) is 12.8 Å². The minimum absolute atomic E-state index is 0.0111. The molecule has 1 heterocycles. The fourth-order valence-electron chi connectivity index (χ4n) is 2.69. The first-order chi connectivity index (χ1) is 10.8. The Morgan fingerprint density at radius 3 is 2.59 bits per heavy atom. The Labute approximate surface area is 130 Å². The molecule has 0 atom stereocenters. The van der Waals surface area contributed by atoms with Gasteiger partial charge in [-0.25, -0.2) is 0 Å². The van der Waals surface area contributed by atoms with Gasteiger partial charge in [-0.3, -0.25) is 4.79 Å². The molecule has 2 aromatic carbocycles. The molecule has 22 heavy (non-hydrogen) atoms. The second-order valence-corrected chi connectivity index (χ2v) is 5.24. The minimum Gasteiger partial charge on any atom is -0.497 e. The average Bonchev–Trinajstić information content (AvgIpc) is 2.59. The minimum atomic E-state index is -0.0111. The van der Waals surface area contributed by atoms with Crippen molar-refractivity contribution in [3.63, 3.8) is 0 Å². The fraction of sp³-hybridized carbons (Fsp3) is 0.278. The van der Waals surface area contributed by atoms with E-state index in [2.05, 4.69) is 6.07 Å². The normalized spacial score (nSPS) is 13.4. The number of carbonyl (C=O) groups excluding carboxylic acids is 1. The third kappa shape index (κ3) is 3.06. The van der Waals surface area contributed by atoms with Crippen molar-refractivity contribution < 1.29 is 14.3 Å². The van der Waals surface area contributed by atoms with Crippen LogP contribution in [0.15, 0.2) is 48.5 Å². The van der Waals surface area contributed by atoms with Gasteiger partial charge in [-0.2, -0.15) is 0 Å². The molecule has 0 unspecified atom stereocenters. The van der Waals surface area contributed by atoms with Gasteiger partial charge in [0.2, 0.25) is 0 Å². The first kappa shape index (κ1) is 14.4. The summed E-state index contributed by atoms with van der Waals surface area (Å²) in [6.45, 7) is 0.794. The summed E-state index contributed by atoms with van der Waals surface area (Å²) in [6.07, 6.45) is 2.02. The predicted molar refractivity (Wildman–Crippen MR) is 85.6 cm³/mol. The molecule has 3 rings (SSSR count). The van der Waals surface area contributed by atoms with Gasteiger partial charge in [0.05, 0.1) is 7.11 Å². The molecule has 4 nitrogen and oxygen atoms in total. The van der Waals surface area contributed by atoms with Crippen LogP contribution in [0.3, 0.4) is 0 Å². The fourth-order valence-corrected chi connectivity index (χ4v) is 2.69. The molecular formula is C18H19NO3. The summed E-state index contributed by atoms with van der Waals surface area (Å²) in [4.78, 5) is 14.3. The Morgan fingerprint density at radius 2 is 1.82 bits per heavy atom. The summed E-state index contributed by atoms with van der Waals surface area (Å²) in [5, 5.41) is 0. The predicted octanol–water partition coefficient (Wildman–Crippen LogP) is 3.05. The Balaban J connectivity index is 1.65. The van der Waals surface area contributed by atoms with Crippen molar-refractivity contribution in [2.75, 3.05) is 25.2 Å². The van der Waals surface area contributed by atoms with Crippen LogP contribution < -0.4 is 14.4 Å². The van der Waals surface area contributed by atoms with Crippen LogP contribution in [0.5, 0.6) is 11.5 Å². The van der Waals surface area contributed by atoms with Crippen LogP contribution >= 0.6 is 0 Å². The third-order valence-corrected chi connectivity index (χ3v) is 3.83. The molecule has 1 aliphatic rings. The van der Waals surface area contributed by atoms with E-state index in [0.29, 0.717) is 5.75 Å². The highest BCUT2D eigenvalue weighted by atomic mass is 16.5. The van der Waals surface area contributed by atoms with Gasteiger partial charge in [0.15, 0.2) is 6.61 Å². The van der Waals surface area contributed by atoms with E-state index in [-0.39, 0.29) is 12.5 Å². The van der Waals surface area contributed by atoms with E-state index >= 15 is 0 Å². The van der Waals surface area contributed by atoms with Gasteiger partial charge in [-0.05, 0) is 48.7 Å². The van der Waals surface area contributed by atoms with Crippen molar-refractivity contribution in [3.8, 4) is 11.5 Å². The highest BCUT2D eigenvalue weighted by Gasteiger charge is 2.22. The molecule has 2 aromatic rings. The maximum atomic E-state index is 12.4. The summed E-state index contributed by atoms with van der Waals surface area (Å²) in [5.74, 6) is 1.42. The van der Waals surface area contributed by atoms with Crippen LogP contribution in [-0.4, -0.2) is 26.2 Å². The number of rotatable bonds is 4. The van der Waals surface area contributed by atoms with E-state index < -0.39 is 0 Å². The Kier molecular flexibility index (Phi) is 4.28. The number of nitrogens with zero attached hydrogens (tertiary/aromatic N) is 1. The molecule has 0 saturated carbocycles. The lowest BCUT2D eigenvalue weighted by atomic mass is 10.0. The zero-order chi connectivity index (χ0) is 15.4. The summed E-state index contributed by atoms with van der Waals surface area (Å²) >= 11 is 0. The number of fused-ring (bicyclic) bond motifs is 1. The van der Waals surface area contributed by atoms with Gasteiger partial charge in [0.1, 0.15) is 11.5 Å². The van der Waals surface area contributed by atoms with Crippen molar-refractivity contribution in [3.05, 3.63) is 54.1 Å². The van der Waals surface area contributed by atoms with E-state index in [4.69, 9.17) is 9.47 Å². The van der Waals surface area contributed by atoms with Crippen LogP contribution in [-0.2, 0) is 11.2 Å². The number of hydrogen-bond donors (Lipinski definition) is 0. The molecule has 0 aliphatic carbocycles. The number of carbonyl (C=O) groups is 1. The van der Waals surface area contributed by atoms with Crippen LogP contribution in [0.25, 0.3) is 0 Å². The molecule has 0 saturated heterocycles. The number of methoxy groups -OCH3 is 1. The van der Waals surface area contributed by atoms with Crippen molar-refractivity contribution in [1.29, 1.82) is 0 Å². The number of amides is 1. The molecular weight excluding hydrogens is 278 g/mol.